The molecule has 0 aliphatic rings. The largest absolute Gasteiger partial charge is 0.507 e. The van der Waals surface area contributed by atoms with Crippen LogP contribution in [0.25, 0.3) is 32.7 Å². The quantitative estimate of drug-likeness (QED) is 0.500. The lowest BCUT2D eigenvalue weighted by Crippen LogP contribution is -1.84. The molecule has 0 aromatic heterocycles. The zero-order valence-corrected chi connectivity index (χ0v) is 13.6. The van der Waals surface area contributed by atoms with Gasteiger partial charge >= 0.3 is 0 Å². The minimum absolute atomic E-state index is 0. The fourth-order valence-electron chi connectivity index (χ4n) is 2.94. The summed E-state index contributed by atoms with van der Waals surface area (Å²) in [5.41, 5.74) is 1.28. The summed E-state index contributed by atoms with van der Waals surface area (Å²) in [4.78, 5) is 0. The Hall–Kier alpha value is -2.47. The van der Waals surface area contributed by atoms with Gasteiger partial charge in [0.25, 0.3) is 0 Å². The molecular weight excluding hydrogens is 299 g/mol. The molecular formula is C20H14AlO2. The molecule has 0 saturated heterocycles. The van der Waals surface area contributed by atoms with E-state index in [1.54, 1.807) is 0 Å². The molecule has 3 radical (unpaired) electrons. The molecule has 4 aromatic rings. The van der Waals surface area contributed by atoms with E-state index in [-0.39, 0.29) is 28.9 Å². The van der Waals surface area contributed by atoms with Gasteiger partial charge in [-0.3, -0.25) is 0 Å². The average Bonchev–Trinajstić information content (AvgIpc) is 2.57. The number of benzene rings is 4. The van der Waals surface area contributed by atoms with E-state index in [4.69, 9.17) is 0 Å². The first-order chi connectivity index (χ1) is 10.8. The minimum Gasteiger partial charge on any atom is -0.507 e. The minimum atomic E-state index is 0. The maximum Gasteiger partial charge on any atom is 0.131 e. The molecule has 0 unspecified atom stereocenters. The number of hydrogen-bond acceptors (Lipinski definition) is 2. The van der Waals surface area contributed by atoms with Crippen LogP contribution in [-0.2, 0) is 0 Å². The fraction of sp³-hybridized carbons (Fsp3) is 0. The number of fused-ring (bicyclic) bond motifs is 2. The van der Waals surface area contributed by atoms with Crippen molar-refractivity contribution >= 4 is 38.9 Å². The monoisotopic (exact) mass is 313 g/mol. The molecule has 109 valence electrons. The molecule has 4 aromatic carbocycles. The Balaban J connectivity index is 0.00000156. The van der Waals surface area contributed by atoms with Gasteiger partial charge in [-0.05, 0) is 22.9 Å². The third-order valence-electron chi connectivity index (χ3n) is 4.09. The maximum atomic E-state index is 10.6. The Morgan fingerprint density at radius 2 is 0.870 bits per heavy atom. The van der Waals surface area contributed by atoms with Gasteiger partial charge < -0.3 is 10.2 Å². The molecule has 0 bridgehead atoms. The zero-order valence-electron chi connectivity index (χ0n) is 12.4. The molecule has 4 rings (SSSR count). The van der Waals surface area contributed by atoms with Gasteiger partial charge in [-0.2, -0.15) is 0 Å². The van der Waals surface area contributed by atoms with E-state index in [2.05, 4.69) is 0 Å². The van der Waals surface area contributed by atoms with Crippen LogP contribution in [0.15, 0.2) is 72.8 Å². The Kier molecular flexibility index (Phi) is 4.00. The summed E-state index contributed by atoms with van der Waals surface area (Å²) in [6, 6.07) is 23.0. The standard InChI is InChI=1S/C20H14O2.Al/c21-19-15-7-3-1-5-13(15)9-11-17(19)18-12-10-14-6-2-4-8-16(14)20(18)22;/h1-12,21-22H;. The van der Waals surface area contributed by atoms with E-state index >= 15 is 0 Å². The first-order valence-corrected chi connectivity index (χ1v) is 7.17. The molecule has 0 spiro atoms. The van der Waals surface area contributed by atoms with Crippen LogP contribution in [-0.4, -0.2) is 27.6 Å². The van der Waals surface area contributed by atoms with Crippen molar-refractivity contribution in [3.8, 4) is 22.6 Å². The summed E-state index contributed by atoms with van der Waals surface area (Å²) >= 11 is 0. The Morgan fingerprint density at radius 1 is 0.478 bits per heavy atom. The van der Waals surface area contributed by atoms with Crippen LogP contribution in [0.3, 0.4) is 0 Å². The van der Waals surface area contributed by atoms with Gasteiger partial charge in [-0.15, -0.1) is 0 Å². The number of rotatable bonds is 1. The van der Waals surface area contributed by atoms with E-state index in [0.717, 1.165) is 21.5 Å². The second-order valence-electron chi connectivity index (χ2n) is 5.37. The van der Waals surface area contributed by atoms with E-state index in [1.807, 2.05) is 72.8 Å². The van der Waals surface area contributed by atoms with Gasteiger partial charge in [-0.1, -0.05) is 60.7 Å². The summed E-state index contributed by atoms with van der Waals surface area (Å²) < 4.78 is 0. The zero-order chi connectivity index (χ0) is 15.1. The SMILES string of the molecule is Oc1c(-c2ccc3ccccc3c2O)ccc2ccccc12.[Al]. The smallest absolute Gasteiger partial charge is 0.131 e. The summed E-state index contributed by atoms with van der Waals surface area (Å²) in [6.45, 7) is 0. The van der Waals surface area contributed by atoms with Crippen molar-refractivity contribution in [2.75, 3.05) is 0 Å². The predicted octanol–water partition coefficient (Wildman–Crippen LogP) is 4.69. The van der Waals surface area contributed by atoms with Gasteiger partial charge in [0, 0.05) is 39.3 Å². The molecule has 0 aliphatic carbocycles. The second-order valence-corrected chi connectivity index (χ2v) is 5.37. The molecule has 0 amide bonds. The summed E-state index contributed by atoms with van der Waals surface area (Å²) in [5.74, 6) is 0.396. The number of phenolic OH excluding ortho intramolecular Hbond substituents is 2. The normalized spacial score (nSPS) is 10.6. The number of phenols is 2. The van der Waals surface area contributed by atoms with Crippen LogP contribution in [0.1, 0.15) is 0 Å². The third-order valence-corrected chi connectivity index (χ3v) is 4.09. The van der Waals surface area contributed by atoms with E-state index in [0.29, 0.717) is 11.1 Å². The Bertz CT molecular complexity index is 925. The summed E-state index contributed by atoms with van der Waals surface area (Å²) in [7, 11) is 0. The highest BCUT2D eigenvalue weighted by atomic mass is 27.0. The van der Waals surface area contributed by atoms with E-state index in [9.17, 15) is 10.2 Å². The predicted molar refractivity (Wildman–Crippen MR) is 96.0 cm³/mol. The van der Waals surface area contributed by atoms with Crippen molar-refractivity contribution < 1.29 is 10.2 Å². The molecule has 0 heterocycles. The summed E-state index contributed by atoms with van der Waals surface area (Å²) in [5, 5.41) is 24.7. The van der Waals surface area contributed by atoms with Crippen molar-refractivity contribution in [3.05, 3.63) is 72.8 Å². The third kappa shape index (κ3) is 2.45. The van der Waals surface area contributed by atoms with Crippen molar-refractivity contribution in [2.45, 2.75) is 0 Å². The van der Waals surface area contributed by atoms with Crippen LogP contribution >= 0.6 is 0 Å². The molecule has 0 atom stereocenters. The molecule has 0 fully saturated rings. The van der Waals surface area contributed by atoms with Crippen molar-refractivity contribution in [2.24, 2.45) is 0 Å². The Labute approximate surface area is 144 Å². The number of hydrogen-bond donors (Lipinski definition) is 2. The fourth-order valence-corrected chi connectivity index (χ4v) is 2.94. The topological polar surface area (TPSA) is 40.5 Å². The van der Waals surface area contributed by atoms with Crippen LogP contribution in [0, 0.1) is 0 Å². The highest BCUT2D eigenvalue weighted by molar-refractivity contribution is 6.00. The molecule has 2 nitrogen and oxygen atoms in total. The van der Waals surface area contributed by atoms with Crippen LogP contribution in [0.4, 0.5) is 0 Å². The highest BCUT2D eigenvalue weighted by Gasteiger charge is 2.13. The highest BCUT2D eigenvalue weighted by Crippen LogP contribution is 2.42. The van der Waals surface area contributed by atoms with Gasteiger partial charge in [0.15, 0.2) is 0 Å². The maximum absolute atomic E-state index is 10.6. The molecule has 2 N–H and O–H groups in total. The van der Waals surface area contributed by atoms with Gasteiger partial charge in [0.2, 0.25) is 0 Å². The number of aromatic hydroxyl groups is 2. The second kappa shape index (κ2) is 5.97. The molecule has 3 heteroatoms. The molecule has 0 aliphatic heterocycles. The summed E-state index contributed by atoms with van der Waals surface area (Å²) in [6.07, 6.45) is 0. The van der Waals surface area contributed by atoms with Crippen LogP contribution in [0.2, 0.25) is 0 Å². The van der Waals surface area contributed by atoms with Gasteiger partial charge in [0.05, 0.1) is 0 Å². The van der Waals surface area contributed by atoms with Crippen molar-refractivity contribution in [3.63, 3.8) is 0 Å². The lowest BCUT2D eigenvalue weighted by Gasteiger charge is -2.11. The molecule has 0 saturated carbocycles. The van der Waals surface area contributed by atoms with E-state index < -0.39 is 0 Å². The van der Waals surface area contributed by atoms with Crippen molar-refractivity contribution in [1.29, 1.82) is 0 Å². The average molecular weight is 313 g/mol. The van der Waals surface area contributed by atoms with E-state index in [1.165, 1.54) is 0 Å². The van der Waals surface area contributed by atoms with Crippen molar-refractivity contribution in [1.82, 2.24) is 0 Å². The first kappa shape index (κ1) is 15.4. The Morgan fingerprint density at radius 3 is 1.30 bits per heavy atom. The van der Waals surface area contributed by atoms with Crippen LogP contribution < -0.4 is 0 Å². The molecule has 23 heavy (non-hydrogen) atoms. The van der Waals surface area contributed by atoms with Gasteiger partial charge in [0.1, 0.15) is 11.5 Å². The van der Waals surface area contributed by atoms with Crippen LogP contribution in [0.5, 0.6) is 11.5 Å². The lowest BCUT2D eigenvalue weighted by molar-refractivity contribution is 0.475. The first-order valence-electron chi connectivity index (χ1n) is 7.17. The lowest BCUT2D eigenvalue weighted by atomic mass is 9.96. The van der Waals surface area contributed by atoms with Gasteiger partial charge in [-0.25, -0.2) is 0 Å².